The Balaban J connectivity index is 1.47. The van der Waals surface area contributed by atoms with Crippen LogP contribution in [0.5, 0.6) is 5.75 Å². The Kier molecular flexibility index (Phi) is 6.67. The first-order chi connectivity index (χ1) is 15.8. The molecule has 0 unspecified atom stereocenters. The minimum Gasteiger partial charge on any atom is -0.491 e. The van der Waals surface area contributed by atoms with E-state index >= 15 is 0 Å². The summed E-state index contributed by atoms with van der Waals surface area (Å²) in [4.78, 5) is 38.1. The van der Waals surface area contributed by atoms with Crippen molar-refractivity contribution in [2.45, 2.75) is 19.4 Å². The number of hydrogen-bond donors (Lipinski definition) is 2. The highest BCUT2D eigenvalue weighted by atomic mass is 35.5. The van der Waals surface area contributed by atoms with Gasteiger partial charge < -0.3 is 24.5 Å². The summed E-state index contributed by atoms with van der Waals surface area (Å²) < 4.78 is 11.8. The Labute approximate surface area is 194 Å². The fraction of sp³-hybridized carbons (Fsp3) is 0.292. The fourth-order valence-electron chi connectivity index (χ4n) is 3.70. The molecule has 2 amide bonds. The molecule has 4 rings (SSSR count). The van der Waals surface area contributed by atoms with Crippen molar-refractivity contribution in [1.29, 1.82) is 0 Å². The molecule has 1 aromatic heterocycles. The second-order valence-electron chi connectivity index (χ2n) is 7.89. The molecule has 2 aromatic carbocycles. The van der Waals surface area contributed by atoms with Crippen LogP contribution in [0.2, 0.25) is 5.02 Å². The van der Waals surface area contributed by atoms with Gasteiger partial charge in [-0.25, -0.2) is 0 Å². The maximum atomic E-state index is 12.6. The topological polar surface area (TPSA) is 109 Å². The molecule has 3 aromatic rings. The number of aryl methyl sites for hydroxylation is 1. The zero-order chi connectivity index (χ0) is 23.5. The third-order valence-electron chi connectivity index (χ3n) is 5.40. The summed E-state index contributed by atoms with van der Waals surface area (Å²) in [5.41, 5.74) is 1.57. The van der Waals surface area contributed by atoms with E-state index in [9.17, 15) is 19.5 Å². The lowest BCUT2D eigenvalue weighted by molar-refractivity contribution is -0.145. The van der Waals surface area contributed by atoms with Crippen LogP contribution in [0.15, 0.2) is 51.7 Å². The first kappa shape index (κ1) is 22.8. The molecule has 172 valence electrons. The Bertz CT molecular complexity index is 1270. The largest absolute Gasteiger partial charge is 0.491 e. The summed E-state index contributed by atoms with van der Waals surface area (Å²) in [6.07, 6.45) is -0.121. The Morgan fingerprint density at radius 3 is 2.85 bits per heavy atom. The minimum absolute atomic E-state index is 0.0939. The molecule has 0 saturated carbocycles. The van der Waals surface area contributed by atoms with E-state index in [1.165, 1.54) is 11.0 Å². The number of likely N-dealkylation sites (tertiary alicyclic amines) is 1. The van der Waals surface area contributed by atoms with Crippen molar-refractivity contribution in [3.8, 4) is 17.1 Å². The summed E-state index contributed by atoms with van der Waals surface area (Å²) in [5.74, 6) is -0.639. The van der Waals surface area contributed by atoms with Crippen molar-refractivity contribution in [3.63, 3.8) is 0 Å². The molecule has 1 aliphatic heterocycles. The number of nitrogens with one attached hydrogen (secondary N) is 1. The molecule has 1 saturated heterocycles. The van der Waals surface area contributed by atoms with Crippen molar-refractivity contribution in [2.24, 2.45) is 0 Å². The molecule has 2 N–H and O–H groups in total. The summed E-state index contributed by atoms with van der Waals surface area (Å²) in [6, 6.07) is 11.8. The molecular formula is C24H23ClN2O6. The monoisotopic (exact) mass is 470 g/mol. The standard InChI is InChI=1S/C24H23ClN2O6/c1-14-5-6-17(21-12-19(29)16-3-2-4-18(25)22(16)33-21)20(11-14)32-10-8-26-23(30)24(31)27-9-7-15(28)13-27/h2-6,11-12,15,28H,7-10,13H2,1H3,(H,26,30)/t15-/m0/s1. The summed E-state index contributed by atoms with van der Waals surface area (Å²) >= 11 is 6.22. The number of aliphatic hydroxyl groups is 1. The average Bonchev–Trinajstić information content (AvgIpc) is 3.23. The second kappa shape index (κ2) is 9.64. The Morgan fingerprint density at radius 2 is 2.09 bits per heavy atom. The number of para-hydroxylation sites is 1. The third kappa shape index (κ3) is 5.02. The number of carbonyl (C=O) groups is 2. The molecule has 2 heterocycles. The minimum atomic E-state index is -0.743. The van der Waals surface area contributed by atoms with E-state index in [4.69, 9.17) is 20.8 Å². The van der Waals surface area contributed by atoms with Crippen LogP contribution < -0.4 is 15.5 Å². The fourth-order valence-corrected chi connectivity index (χ4v) is 3.91. The van der Waals surface area contributed by atoms with Crippen LogP contribution in [0.4, 0.5) is 0 Å². The third-order valence-corrected chi connectivity index (χ3v) is 5.70. The number of nitrogens with zero attached hydrogens (tertiary/aromatic N) is 1. The van der Waals surface area contributed by atoms with Crippen molar-refractivity contribution >= 4 is 34.4 Å². The maximum absolute atomic E-state index is 12.6. The van der Waals surface area contributed by atoms with Gasteiger partial charge in [0.15, 0.2) is 11.0 Å². The number of carbonyl (C=O) groups excluding carboxylic acids is 2. The Hall–Kier alpha value is -3.36. The van der Waals surface area contributed by atoms with E-state index in [1.807, 2.05) is 13.0 Å². The van der Waals surface area contributed by atoms with Gasteiger partial charge in [0.25, 0.3) is 0 Å². The van der Waals surface area contributed by atoms with E-state index in [2.05, 4.69) is 5.32 Å². The van der Waals surface area contributed by atoms with E-state index in [0.29, 0.717) is 46.0 Å². The number of β-amino-alcohol motifs (C(OH)–C–C–N with tert-alkyl or cyclic N) is 1. The highest BCUT2D eigenvalue weighted by molar-refractivity contribution is 6.35. The van der Waals surface area contributed by atoms with E-state index in [1.54, 1.807) is 30.3 Å². The zero-order valence-corrected chi connectivity index (χ0v) is 18.7. The maximum Gasteiger partial charge on any atom is 0.311 e. The number of benzene rings is 2. The van der Waals surface area contributed by atoms with Crippen LogP contribution in [0, 0.1) is 6.92 Å². The van der Waals surface area contributed by atoms with Crippen LogP contribution in [0.25, 0.3) is 22.3 Å². The van der Waals surface area contributed by atoms with Crippen LogP contribution in [0.1, 0.15) is 12.0 Å². The number of hydrogen-bond acceptors (Lipinski definition) is 6. The predicted octanol–water partition coefficient (Wildman–Crippen LogP) is 2.51. The number of fused-ring (bicyclic) bond motifs is 1. The number of amides is 2. The van der Waals surface area contributed by atoms with Crippen molar-refractivity contribution in [3.05, 3.63) is 63.3 Å². The van der Waals surface area contributed by atoms with Gasteiger partial charge in [-0.3, -0.25) is 14.4 Å². The highest BCUT2D eigenvalue weighted by Crippen LogP contribution is 2.33. The molecular weight excluding hydrogens is 448 g/mol. The lowest BCUT2D eigenvalue weighted by atomic mass is 10.1. The normalized spacial score (nSPS) is 15.6. The van der Waals surface area contributed by atoms with E-state index < -0.39 is 17.9 Å². The first-order valence-electron chi connectivity index (χ1n) is 10.5. The molecule has 0 radical (unpaired) electrons. The van der Waals surface area contributed by atoms with Gasteiger partial charge in [-0.1, -0.05) is 23.7 Å². The van der Waals surface area contributed by atoms with Gasteiger partial charge in [-0.2, -0.15) is 0 Å². The van der Waals surface area contributed by atoms with Gasteiger partial charge >= 0.3 is 11.8 Å². The van der Waals surface area contributed by atoms with Crippen molar-refractivity contribution in [1.82, 2.24) is 10.2 Å². The molecule has 0 aliphatic carbocycles. The van der Waals surface area contributed by atoms with Crippen molar-refractivity contribution < 1.29 is 23.8 Å². The van der Waals surface area contributed by atoms with Crippen LogP contribution in [-0.2, 0) is 9.59 Å². The zero-order valence-electron chi connectivity index (χ0n) is 18.0. The molecule has 9 heteroatoms. The lowest BCUT2D eigenvalue weighted by Gasteiger charge is -2.15. The van der Waals surface area contributed by atoms with E-state index in [-0.39, 0.29) is 25.1 Å². The Morgan fingerprint density at radius 1 is 1.27 bits per heavy atom. The number of aliphatic hydroxyl groups excluding tert-OH is 1. The van der Waals surface area contributed by atoms with Crippen molar-refractivity contribution in [2.75, 3.05) is 26.2 Å². The number of rotatable bonds is 5. The van der Waals surface area contributed by atoms with Gasteiger partial charge in [0.05, 0.1) is 28.6 Å². The quantitative estimate of drug-likeness (QED) is 0.438. The van der Waals surface area contributed by atoms with Gasteiger partial charge in [0, 0.05) is 19.2 Å². The lowest BCUT2D eigenvalue weighted by Crippen LogP contribution is -2.43. The molecule has 8 nitrogen and oxygen atoms in total. The molecule has 1 aliphatic rings. The van der Waals surface area contributed by atoms with Gasteiger partial charge in [-0.05, 0) is 43.2 Å². The van der Waals surface area contributed by atoms with Gasteiger partial charge in [-0.15, -0.1) is 0 Å². The first-order valence-corrected chi connectivity index (χ1v) is 10.9. The van der Waals surface area contributed by atoms with E-state index in [0.717, 1.165) is 5.56 Å². The summed E-state index contributed by atoms with van der Waals surface area (Å²) in [6.45, 7) is 2.61. The molecule has 33 heavy (non-hydrogen) atoms. The van der Waals surface area contributed by atoms with Gasteiger partial charge in [0.1, 0.15) is 18.1 Å². The predicted molar refractivity (Wildman–Crippen MR) is 123 cm³/mol. The van der Waals surface area contributed by atoms with Crippen LogP contribution >= 0.6 is 11.6 Å². The smallest absolute Gasteiger partial charge is 0.311 e. The number of halogens is 1. The van der Waals surface area contributed by atoms with Gasteiger partial charge in [0.2, 0.25) is 0 Å². The van der Waals surface area contributed by atoms with Crippen LogP contribution in [-0.4, -0.2) is 54.2 Å². The highest BCUT2D eigenvalue weighted by Gasteiger charge is 2.28. The van der Waals surface area contributed by atoms with Crippen LogP contribution in [0.3, 0.4) is 0 Å². The summed E-state index contributed by atoms with van der Waals surface area (Å²) in [5, 5.41) is 12.8. The average molecular weight is 471 g/mol. The molecule has 1 fully saturated rings. The second-order valence-corrected chi connectivity index (χ2v) is 8.30. The SMILES string of the molecule is Cc1ccc(-c2cc(=O)c3cccc(Cl)c3o2)c(OCCNC(=O)C(=O)N2CC[C@H](O)C2)c1. The molecule has 1 atom stereocenters. The number of ether oxygens (including phenoxy) is 1. The molecule has 0 bridgehead atoms. The molecule has 0 spiro atoms. The summed E-state index contributed by atoms with van der Waals surface area (Å²) in [7, 11) is 0.